The van der Waals surface area contributed by atoms with E-state index in [1.165, 1.54) is 63.1 Å². The Balaban J connectivity index is 0.779. The SMILES string of the molecule is Cc1ccc(-c2ccc(-c3ccc(-c4sc5c(C)c6c(Cl)c(-c7ccc(-c8ccc(-c9ccc(-c%10sc%11c(C)c%12c(Cl)c(C)sc%12c(C)c%11c%10Cl)s9)c9nsnc89)s7)sc6c(C)c5c4Cl)s3)c3nsnc23)s1. The number of rotatable bonds is 7. The van der Waals surface area contributed by atoms with Crippen LogP contribution in [0.5, 0.6) is 0 Å². The normalized spacial score (nSPS) is 12.3. The maximum atomic E-state index is 7.49. The first-order chi connectivity index (χ1) is 34.8. The van der Waals surface area contributed by atoms with Gasteiger partial charge in [0.25, 0.3) is 0 Å². The number of aryl methyl sites for hydroxylation is 6. The van der Waals surface area contributed by atoms with Crippen LogP contribution in [0.25, 0.3) is 133 Å². The highest BCUT2D eigenvalue weighted by Gasteiger charge is 2.27. The van der Waals surface area contributed by atoms with Crippen molar-refractivity contribution in [3.8, 4) is 71.0 Å². The van der Waals surface area contributed by atoms with Gasteiger partial charge in [0.1, 0.15) is 22.1 Å². The van der Waals surface area contributed by atoms with E-state index < -0.39 is 0 Å². The van der Waals surface area contributed by atoms with Gasteiger partial charge in [-0.15, -0.1) is 90.7 Å². The monoisotopic (exact) mass is 1190 g/mol. The van der Waals surface area contributed by atoms with E-state index in [9.17, 15) is 0 Å². The lowest BCUT2D eigenvalue weighted by atomic mass is 10.0. The van der Waals surface area contributed by atoms with E-state index in [4.69, 9.17) is 63.9 Å². The molecule has 0 saturated carbocycles. The van der Waals surface area contributed by atoms with Crippen molar-refractivity contribution in [3.63, 3.8) is 0 Å². The molecule has 0 bridgehead atoms. The van der Waals surface area contributed by atoms with Crippen molar-refractivity contribution in [1.29, 1.82) is 0 Å². The largest absolute Gasteiger partial charge is 0.172 e. The van der Waals surface area contributed by atoms with Crippen LogP contribution < -0.4 is 0 Å². The number of thiophene rings is 8. The average molecular weight is 1200 g/mol. The van der Waals surface area contributed by atoms with Crippen LogP contribution in [0.4, 0.5) is 0 Å². The fraction of sp³-hybridized carbons (Fsp3) is 0.111. The number of hydrogen-bond acceptors (Lipinski definition) is 14. The number of aromatic nitrogens is 4. The van der Waals surface area contributed by atoms with Gasteiger partial charge < -0.3 is 0 Å². The Morgan fingerprint density at radius 1 is 0.306 bits per heavy atom. The molecule has 14 aromatic rings. The number of benzene rings is 4. The number of hydrogen-bond donors (Lipinski definition) is 0. The summed E-state index contributed by atoms with van der Waals surface area (Å²) in [5.41, 5.74) is 12.7. The Bertz CT molecular complexity index is 4620. The first-order valence-corrected chi connectivity index (χ1v) is 31.9. The summed E-state index contributed by atoms with van der Waals surface area (Å²) >= 11 is 45.6. The molecule has 10 aromatic heterocycles. The lowest BCUT2D eigenvalue weighted by Crippen LogP contribution is -1.82. The summed E-state index contributed by atoms with van der Waals surface area (Å²) in [6, 6.07) is 26.2. The van der Waals surface area contributed by atoms with Crippen LogP contribution in [0.1, 0.15) is 32.0 Å². The van der Waals surface area contributed by atoms with Crippen LogP contribution >= 0.6 is 161 Å². The van der Waals surface area contributed by atoms with Crippen LogP contribution in [-0.4, -0.2) is 17.5 Å². The molecule has 0 unspecified atom stereocenters. The van der Waals surface area contributed by atoms with Crippen molar-refractivity contribution < 1.29 is 0 Å². The van der Waals surface area contributed by atoms with E-state index in [1.807, 2.05) is 0 Å². The molecule has 18 heteroatoms. The number of halogens is 4. The molecule has 0 aliphatic heterocycles. The minimum Gasteiger partial charge on any atom is -0.172 e. The summed E-state index contributed by atoms with van der Waals surface area (Å²) < 4.78 is 24.0. The summed E-state index contributed by atoms with van der Waals surface area (Å²) in [5, 5.41) is 7.70. The summed E-state index contributed by atoms with van der Waals surface area (Å²) in [6.45, 7) is 12.9. The highest BCUT2D eigenvalue weighted by molar-refractivity contribution is 7.30. The fourth-order valence-corrected chi connectivity index (χ4v) is 22.5. The van der Waals surface area contributed by atoms with Gasteiger partial charge in [-0.2, -0.15) is 17.5 Å². The van der Waals surface area contributed by atoms with Crippen molar-refractivity contribution in [1.82, 2.24) is 17.5 Å². The molecule has 0 N–H and O–H groups in total. The summed E-state index contributed by atoms with van der Waals surface area (Å²) in [7, 11) is 0. The summed E-state index contributed by atoms with van der Waals surface area (Å²) in [6.07, 6.45) is 0. The van der Waals surface area contributed by atoms with Gasteiger partial charge in [0, 0.05) is 106 Å². The second-order valence-electron chi connectivity index (χ2n) is 17.7. The molecular weight excluding hydrogens is 1170 g/mol. The molecule has 10 heterocycles. The minimum atomic E-state index is 0.782. The van der Waals surface area contributed by atoms with Crippen LogP contribution in [-0.2, 0) is 0 Å². The third kappa shape index (κ3) is 6.91. The van der Waals surface area contributed by atoms with Gasteiger partial charge in [0.2, 0.25) is 0 Å². The molecule has 354 valence electrons. The van der Waals surface area contributed by atoms with Gasteiger partial charge in [0.05, 0.1) is 58.2 Å². The van der Waals surface area contributed by atoms with Crippen molar-refractivity contribution >= 4 is 223 Å². The molecule has 0 saturated heterocycles. The van der Waals surface area contributed by atoms with Crippen molar-refractivity contribution in [2.24, 2.45) is 0 Å². The topological polar surface area (TPSA) is 51.6 Å². The van der Waals surface area contributed by atoms with Crippen molar-refractivity contribution in [3.05, 3.63) is 125 Å². The molecule has 0 fully saturated rings. The average Bonchev–Trinajstić information content (AvgIpc) is 4.21. The van der Waals surface area contributed by atoms with Crippen LogP contribution in [0.15, 0.2) is 72.8 Å². The van der Waals surface area contributed by atoms with E-state index in [0.29, 0.717) is 0 Å². The Morgan fingerprint density at radius 3 is 0.931 bits per heavy atom. The second kappa shape index (κ2) is 17.4. The molecule has 0 spiro atoms. The van der Waals surface area contributed by atoms with Gasteiger partial charge >= 0.3 is 0 Å². The first-order valence-electron chi connectivity index (χ1n) is 22.4. The predicted octanol–water partition coefficient (Wildman–Crippen LogP) is 22.9. The smallest absolute Gasteiger partial charge is 0.114 e. The van der Waals surface area contributed by atoms with Crippen LogP contribution in [0.3, 0.4) is 0 Å². The lowest BCUT2D eigenvalue weighted by molar-refractivity contribution is 1.57. The van der Waals surface area contributed by atoms with E-state index in [1.54, 1.807) is 90.7 Å². The van der Waals surface area contributed by atoms with Crippen LogP contribution in [0, 0.1) is 41.5 Å². The Kier molecular flexibility index (Phi) is 11.3. The molecule has 4 aromatic carbocycles. The van der Waals surface area contributed by atoms with Gasteiger partial charge in [-0.05, 0) is 112 Å². The van der Waals surface area contributed by atoms with E-state index in [2.05, 4.69) is 114 Å². The van der Waals surface area contributed by atoms with Gasteiger partial charge in [-0.3, -0.25) is 0 Å². The zero-order valence-electron chi connectivity index (χ0n) is 38.3. The van der Waals surface area contributed by atoms with E-state index >= 15 is 0 Å². The molecule has 0 amide bonds. The molecular formula is C54H30Cl4N4S10. The molecule has 72 heavy (non-hydrogen) atoms. The fourth-order valence-electron chi connectivity index (χ4n) is 10.0. The van der Waals surface area contributed by atoms with E-state index in [-0.39, 0.29) is 0 Å². The Hall–Kier alpha value is -3.68. The Labute approximate surface area is 472 Å². The predicted molar refractivity (Wildman–Crippen MR) is 328 cm³/mol. The molecule has 14 rings (SSSR count). The highest BCUT2D eigenvalue weighted by atomic mass is 35.5. The highest BCUT2D eigenvalue weighted by Crippen LogP contribution is 2.56. The number of fused-ring (bicyclic) bond motifs is 6. The van der Waals surface area contributed by atoms with Gasteiger partial charge in [-0.1, -0.05) is 70.7 Å². The standard InChI is InChI=1S/C54H30Cl4N4S10/c1-19-7-12-29(63-19)25-8-9-26(45-44(25)59-71-60-45)30-13-17-34(65-30)53-42(57)38-22(4)51-39(23(5)50(38)69-53)43(58)54(70-51)35-18-15-32(67-35)28-11-10-27(46-47(28)62-72-61-46)31-14-16-33(66-31)52-41(56)37-21(3)48-36(20(2)49(37)68-52)40(55)24(6)64-48/h7-18H,1-6H3. The zero-order valence-corrected chi connectivity index (χ0v) is 49.5. The quantitative estimate of drug-likeness (QED) is 0.160. The zero-order chi connectivity index (χ0) is 49.2. The van der Waals surface area contributed by atoms with Gasteiger partial charge in [0.15, 0.2) is 0 Å². The lowest BCUT2D eigenvalue weighted by Gasteiger charge is -2.05. The van der Waals surface area contributed by atoms with E-state index in [0.717, 1.165) is 146 Å². The molecule has 0 aliphatic carbocycles. The summed E-state index contributed by atoms with van der Waals surface area (Å²) in [4.78, 5) is 13.6. The third-order valence-electron chi connectivity index (χ3n) is 13.5. The Morgan fingerprint density at radius 2 is 0.597 bits per heavy atom. The van der Waals surface area contributed by atoms with Crippen LogP contribution in [0.2, 0.25) is 20.1 Å². The maximum absolute atomic E-state index is 7.49. The van der Waals surface area contributed by atoms with Crippen molar-refractivity contribution in [2.75, 3.05) is 0 Å². The molecule has 0 atom stereocenters. The van der Waals surface area contributed by atoms with Crippen molar-refractivity contribution in [2.45, 2.75) is 41.5 Å². The third-order valence-corrected chi connectivity index (χ3v) is 26.7. The number of nitrogens with zero attached hydrogens (tertiary/aromatic N) is 4. The second-order valence-corrected chi connectivity index (χ2v) is 29.1. The maximum Gasteiger partial charge on any atom is 0.114 e. The first kappa shape index (κ1) is 46.8. The summed E-state index contributed by atoms with van der Waals surface area (Å²) in [5.74, 6) is 0. The molecule has 0 radical (unpaired) electrons. The minimum absolute atomic E-state index is 0.782. The van der Waals surface area contributed by atoms with Gasteiger partial charge in [-0.25, -0.2) is 0 Å². The molecule has 0 aliphatic rings. The molecule has 4 nitrogen and oxygen atoms in total.